The van der Waals surface area contributed by atoms with E-state index in [0.29, 0.717) is 6.61 Å². The third kappa shape index (κ3) is 2.17. The fourth-order valence-corrected chi connectivity index (χ4v) is 0.738. The molecule has 0 amide bonds. The highest BCUT2D eigenvalue weighted by Crippen LogP contribution is 1.98. The van der Waals surface area contributed by atoms with Crippen LogP contribution in [-0.4, -0.2) is 11.9 Å². The second-order valence-electron chi connectivity index (χ2n) is 1.96. The Balaban J connectivity index is 2.43. The summed E-state index contributed by atoms with van der Waals surface area (Å²) >= 11 is 0. The molecule has 1 aromatic carbocycles. The van der Waals surface area contributed by atoms with Crippen LogP contribution in [0.15, 0.2) is 30.3 Å². The lowest BCUT2D eigenvalue weighted by Crippen LogP contribution is -1.92. The van der Waals surface area contributed by atoms with E-state index in [0.717, 1.165) is 5.56 Å². The first-order chi connectivity index (χ1) is 4.93. The van der Waals surface area contributed by atoms with Gasteiger partial charge in [0.2, 0.25) is 0 Å². The first-order valence-electron chi connectivity index (χ1n) is 3.16. The van der Waals surface area contributed by atoms with Gasteiger partial charge in [0.1, 0.15) is 6.79 Å². The third-order valence-corrected chi connectivity index (χ3v) is 1.20. The molecule has 2 heteroatoms. The lowest BCUT2D eigenvalue weighted by atomic mass is 10.2. The van der Waals surface area contributed by atoms with Gasteiger partial charge in [-0.25, -0.2) is 0 Å². The maximum atomic E-state index is 8.31. The zero-order valence-electron chi connectivity index (χ0n) is 5.66. The molecule has 0 spiro atoms. The molecule has 0 saturated carbocycles. The van der Waals surface area contributed by atoms with Gasteiger partial charge in [-0.15, -0.1) is 0 Å². The van der Waals surface area contributed by atoms with Gasteiger partial charge < -0.3 is 9.84 Å². The third-order valence-electron chi connectivity index (χ3n) is 1.20. The van der Waals surface area contributed by atoms with Gasteiger partial charge in [-0.2, -0.15) is 0 Å². The van der Waals surface area contributed by atoms with Crippen molar-refractivity contribution in [1.29, 1.82) is 0 Å². The van der Waals surface area contributed by atoms with Crippen LogP contribution in [0.4, 0.5) is 0 Å². The van der Waals surface area contributed by atoms with Crippen molar-refractivity contribution in [2.45, 2.75) is 6.61 Å². The largest absolute Gasteiger partial charge is 0.371 e. The van der Waals surface area contributed by atoms with Crippen LogP contribution < -0.4 is 0 Å². The fourth-order valence-electron chi connectivity index (χ4n) is 0.738. The van der Waals surface area contributed by atoms with E-state index in [2.05, 4.69) is 0 Å². The predicted octanol–water partition coefficient (Wildman–Crippen LogP) is 1.15. The maximum absolute atomic E-state index is 8.31. The zero-order valence-corrected chi connectivity index (χ0v) is 5.66. The minimum absolute atomic E-state index is 0.213. The molecule has 0 aliphatic carbocycles. The quantitative estimate of drug-likeness (QED) is 0.504. The molecule has 0 radical (unpaired) electrons. The molecule has 1 aromatic rings. The molecule has 10 heavy (non-hydrogen) atoms. The van der Waals surface area contributed by atoms with E-state index in [9.17, 15) is 0 Å². The van der Waals surface area contributed by atoms with Crippen LogP contribution in [0.5, 0.6) is 0 Å². The Morgan fingerprint density at radius 1 is 1.20 bits per heavy atom. The molecule has 0 aliphatic rings. The van der Waals surface area contributed by atoms with Gasteiger partial charge in [0.05, 0.1) is 6.61 Å². The summed E-state index contributed by atoms with van der Waals surface area (Å²) in [5, 5.41) is 8.31. The van der Waals surface area contributed by atoms with Crippen molar-refractivity contribution in [3.8, 4) is 0 Å². The Morgan fingerprint density at radius 2 is 1.90 bits per heavy atom. The molecule has 1 N–H and O–H groups in total. The molecule has 0 aromatic heterocycles. The van der Waals surface area contributed by atoms with Gasteiger partial charge >= 0.3 is 0 Å². The first kappa shape index (κ1) is 7.25. The van der Waals surface area contributed by atoms with E-state index in [-0.39, 0.29) is 6.79 Å². The average molecular weight is 140 g/mol. The van der Waals surface area contributed by atoms with Gasteiger partial charge in [-0.1, -0.05) is 30.3 Å². The molecule has 0 fully saturated rings. The second kappa shape index (κ2) is 4.04. The molecule has 0 saturated heterocycles. The van der Waals surface area contributed by atoms with Crippen LogP contribution >= 0.6 is 0 Å². The standard InChI is InChI=1S/C8H10O2/c9-7-10-6-8-4-2-1-3-5-8/h1-5,9H,6-7H2/i10+2. The van der Waals surface area contributed by atoms with Gasteiger partial charge in [-0.05, 0) is 5.56 Å². The molecule has 54 valence electrons. The van der Waals surface area contributed by atoms with Crippen LogP contribution in [0.25, 0.3) is 0 Å². The van der Waals surface area contributed by atoms with Gasteiger partial charge in [0.25, 0.3) is 0 Å². The lowest BCUT2D eigenvalue weighted by Gasteiger charge is -1.98. The SMILES string of the molecule is OC[18O]Cc1ccccc1. The summed E-state index contributed by atoms with van der Waals surface area (Å²) in [6, 6.07) is 9.74. The number of hydrogen-bond donors (Lipinski definition) is 1. The van der Waals surface area contributed by atoms with Crippen molar-refractivity contribution in [2.24, 2.45) is 0 Å². The van der Waals surface area contributed by atoms with Crippen molar-refractivity contribution < 1.29 is 9.84 Å². The summed E-state index contributed by atoms with van der Waals surface area (Å²) in [7, 11) is 0. The van der Waals surface area contributed by atoms with Crippen LogP contribution in [0.1, 0.15) is 5.56 Å². The first-order valence-corrected chi connectivity index (χ1v) is 3.16. The summed E-state index contributed by atoms with van der Waals surface area (Å²) in [5.41, 5.74) is 1.08. The van der Waals surface area contributed by atoms with Gasteiger partial charge in [0, 0.05) is 0 Å². The molecular formula is C8H10O2. The summed E-state index contributed by atoms with van der Waals surface area (Å²) in [4.78, 5) is 0. The summed E-state index contributed by atoms with van der Waals surface area (Å²) in [6.07, 6.45) is 0. The number of benzene rings is 1. The van der Waals surface area contributed by atoms with Crippen LogP contribution in [0, 0.1) is 0 Å². The van der Waals surface area contributed by atoms with E-state index in [1.54, 1.807) is 0 Å². The molecule has 0 heterocycles. The number of hydrogen-bond acceptors (Lipinski definition) is 2. The van der Waals surface area contributed by atoms with E-state index in [1.807, 2.05) is 30.3 Å². The Morgan fingerprint density at radius 3 is 2.50 bits per heavy atom. The summed E-state index contributed by atoms with van der Waals surface area (Å²) in [5.74, 6) is 0. The van der Waals surface area contributed by atoms with Crippen LogP contribution in [-0.2, 0) is 11.3 Å². The Kier molecular flexibility index (Phi) is 2.93. The van der Waals surface area contributed by atoms with E-state index < -0.39 is 0 Å². The van der Waals surface area contributed by atoms with E-state index in [1.165, 1.54) is 0 Å². The van der Waals surface area contributed by atoms with E-state index in [4.69, 9.17) is 9.84 Å². The highest BCUT2D eigenvalue weighted by atomic mass is 18.3. The summed E-state index contributed by atoms with van der Waals surface area (Å²) < 4.78 is 4.78. The van der Waals surface area contributed by atoms with Crippen molar-refractivity contribution in [3.05, 3.63) is 35.9 Å². The summed E-state index contributed by atoms with van der Waals surface area (Å²) in [6.45, 7) is 0.270. The van der Waals surface area contributed by atoms with E-state index >= 15 is 0 Å². The fraction of sp³-hybridized carbons (Fsp3) is 0.250. The molecule has 0 bridgehead atoms. The second-order valence-corrected chi connectivity index (χ2v) is 1.96. The minimum Gasteiger partial charge on any atom is -0.371 e. The van der Waals surface area contributed by atoms with Crippen molar-refractivity contribution in [3.63, 3.8) is 0 Å². The van der Waals surface area contributed by atoms with Crippen molar-refractivity contribution in [2.75, 3.05) is 6.79 Å². The Labute approximate surface area is 60.1 Å². The Hall–Kier alpha value is -0.860. The van der Waals surface area contributed by atoms with Gasteiger partial charge in [0.15, 0.2) is 0 Å². The maximum Gasteiger partial charge on any atom is 0.144 e. The Bertz CT molecular complexity index is 172. The number of rotatable bonds is 3. The number of aliphatic hydroxyl groups excluding tert-OH is 1. The topological polar surface area (TPSA) is 29.5 Å². The average Bonchev–Trinajstić information content (AvgIpc) is 2.03. The molecule has 0 atom stereocenters. The van der Waals surface area contributed by atoms with Crippen molar-refractivity contribution >= 4 is 0 Å². The molecule has 0 unspecified atom stereocenters. The predicted molar refractivity (Wildman–Crippen MR) is 38.3 cm³/mol. The smallest absolute Gasteiger partial charge is 0.144 e. The van der Waals surface area contributed by atoms with Crippen molar-refractivity contribution in [1.82, 2.24) is 0 Å². The zero-order chi connectivity index (χ0) is 7.23. The van der Waals surface area contributed by atoms with Crippen LogP contribution in [0.2, 0.25) is 0 Å². The monoisotopic (exact) mass is 140 g/mol. The van der Waals surface area contributed by atoms with Gasteiger partial charge in [-0.3, -0.25) is 0 Å². The highest BCUT2D eigenvalue weighted by Gasteiger charge is 1.87. The molecule has 0 aliphatic heterocycles. The molecular weight excluding hydrogens is 130 g/mol. The van der Waals surface area contributed by atoms with Crippen LogP contribution in [0.3, 0.4) is 0 Å². The number of aliphatic hydroxyl groups is 1. The molecule has 1 rings (SSSR count). The lowest BCUT2D eigenvalue weighted by molar-refractivity contribution is -0.0112. The normalized spacial score (nSPS) is 9.70. The molecule has 2 nitrogen and oxygen atoms in total. The highest BCUT2D eigenvalue weighted by molar-refractivity contribution is 5.13. The minimum atomic E-state index is -0.213. The number of ether oxygens (including phenoxy) is 1.